The molecule has 2 atom stereocenters. The first-order chi connectivity index (χ1) is 14.3. The van der Waals surface area contributed by atoms with Crippen molar-refractivity contribution >= 4 is 11.7 Å². The molecular formula is C22H27FN6O. The van der Waals surface area contributed by atoms with Crippen LogP contribution in [0, 0.1) is 5.82 Å². The SMILES string of the molecule is C=CC(=C)N1C[C@H](N(C)c2nc(-c3cnn(C)c3)c3c(c2F)CNC3=O)CC[C@H]1C. The number of likely N-dealkylation sites (tertiary alicyclic amines) is 1. The first-order valence-corrected chi connectivity index (χ1v) is 10.1. The quantitative estimate of drug-likeness (QED) is 0.768. The highest BCUT2D eigenvalue weighted by Gasteiger charge is 2.34. The summed E-state index contributed by atoms with van der Waals surface area (Å²) < 4.78 is 17.1. The molecule has 30 heavy (non-hydrogen) atoms. The summed E-state index contributed by atoms with van der Waals surface area (Å²) in [5.41, 5.74) is 2.70. The van der Waals surface area contributed by atoms with Crippen LogP contribution >= 0.6 is 0 Å². The number of amides is 1. The number of carbonyl (C=O) groups is 1. The van der Waals surface area contributed by atoms with E-state index in [9.17, 15) is 4.79 Å². The molecule has 2 aliphatic heterocycles. The monoisotopic (exact) mass is 410 g/mol. The Morgan fingerprint density at radius 2 is 2.20 bits per heavy atom. The third kappa shape index (κ3) is 3.26. The van der Waals surface area contributed by atoms with Gasteiger partial charge in [-0.3, -0.25) is 9.48 Å². The molecule has 0 aromatic carbocycles. The number of piperidine rings is 1. The Labute approximate surface area is 175 Å². The van der Waals surface area contributed by atoms with Crippen LogP contribution in [-0.2, 0) is 13.6 Å². The van der Waals surface area contributed by atoms with E-state index in [0.29, 0.717) is 35.0 Å². The van der Waals surface area contributed by atoms with Gasteiger partial charge in [-0.05, 0) is 25.8 Å². The van der Waals surface area contributed by atoms with Crippen LogP contribution in [0.2, 0.25) is 0 Å². The number of hydrogen-bond acceptors (Lipinski definition) is 5. The zero-order chi connectivity index (χ0) is 21.6. The molecule has 0 spiro atoms. The lowest BCUT2D eigenvalue weighted by Gasteiger charge is -2.43. The largest absolute Gasteiger partial charge is 0.367 e. The van der Waals surface area contributed by atoms with Gasteiger partial charge in [0.2, 0.25) is 0 Å². The Balaban J connectivity index is 1.75. The van der Waals surface area contributed by atoms with Crippen LogP contribution in [0.1, 0.15) is 35.7 Å². The highest BCUT2D eigenvalue weighted by molar-refractivity contribution is 6.04. The molecule has 2 aromatic heterocycles. The number of hydrogen-bond donors (Lipinski definition) is 1. The van der Waals surface area contributed by atoms with Gasteiger partial charge in [0.25, 0.3) is 5.91 Å². The van der Waals surface area contributed by atoms with Gasteiger partial charge in [0.1, 0.15) is 0 Å². The van der Waals surface area contributed by atoms with Crippen LogP contribution in [-0.4, -0.2) is 51.2 Å². The summed E-state index contributed by atoms with van der Waals surface area (Å²) in [6.07, 6.45) is 7.06. The lowest BCUT2D eigenvalue weighted by Crippen LogP contribution is -2.49. The summed E-state index contributed by atoms with van der Waals surface area (Å²) in [5.74, 6) is -0.483. The van der Waals surface area contributed by atoms with Gasteiger partial charge in [0.05, 0.1) is 17.5 Å². The van der Waals surface area contributed by atoms with E-state index in [4.69, 9.17) is 0 Å². The molecule has 0 unspecified atom stereocenters. The van der Waals surface area contributed by atoms with Crippen molar-refractivity contribution in [3.05, 3.63) is 54.3 Å². The summed E-state index contributed by atoms with van der Waals surface area (Å²) in [6.45, 7) is 11.0. The maximum Gasteiger partial charge on any atom is 0.254 e. The smallest absolute Gasteiger partial charge is 0.254 e. The molecule has 1 fully saturated rings. The van der Waals surface area contributed by atoms with Gasteiger partial charge in [0.15, 0.2) is 11.6 Å². The van der Waals surface area contributed by atoms with E-state index < -0.39 is 5.82 Å². The lowest BCUT2D eigenvalue weighted by molar-refractivity contribution is 0.0966. The Morgan fingerprint density at radius 3 is 2.87 bits per heavy atom. The van der Waals surface area contributed by atoms with Crippen molar-refractivity contribution in [2.24, 2.45) is 7.05 Å². The summed E-state index contributed by atoms with van der Waals surface area (Å²) in [4.78, 5) is 21.1. The van der Waals surface area contributed by atoms with Crippen molar-refractivity contribution in [1.29, 1.82) is 0 Å². The molecule has 0 aliphatic carbocycles. The van der Waals surface area contributed by atoms with Crippen molar-refractivity contribution in [1.82, 2.24) is 25.0 Å². The summed E-state index contributed by atoms with van der Waals surface area (Å²) in [7, 11) is 3.66. The zero-order valence-corrected chi connectivity index (χ0v) is 17.7. The minimum Gasteiger partial charge on any atom is -0.367 e. The third-order valence-corrected chi connectivity index (χ3v) is 6.19. The maximum atomic E-state index is 15.5. The van der Waals surface area contributed by atoms with E-state index in [0.717, 1.165) is 18.5 Å². The van der Waals surface area contributed by atoms with E-state index in [1.165, 1.54) is 0 Å². The van der Waals surface area contributed by atoms with E-state index in [1.54, 1.807) is 30.2 Å². The Kier molecular flexibility index (Phi) is 5.09. The highest BCUT2D eigenvalue weighted by Crippen LogP contribution is 2.35. The number of fused-ring (bicyclic) bond motifs is 1. The average molecular weight is 410 g/mol. The summed E-state index contributed by atoms with van der Waals surface area (Å²) in [6, 6.07) is 0.413. The number of halogens is 1. The van der Waals surface area contributed by atoms with Gasteiger partial charge in [-0.25, -0.2) is 9.37 Å². The lowest BCUT2D eigenvalue weighted by atomic mass is 9.97. The number of allylic oxidation sites excluding steroid dienone is 1. The van der Waals surface area contributed by atoms with Gasteiger partial charge in [-0.2, -0.15) is 5.10 Å². The van der Waals surface area contributed by atoms with Gasteiger partial charge in [-0.15, -0.1) is 0 Å². The fourth-order valence-electron chi connectivity index (χ4n) is 4.35. The standard InChI is InChI=1S/C22H27FN6O/c1-6-13(2)29-12-16(8-7-14(29)3)28(5)21-19(23)17-10-24-22(30)18(17)20(26-21)15-9-25-27(4)11-15/h6,9,11,14,16H,1-2,7-8,10,12H2,3-5H3,(H,24,30)/t14-,16-/m1/s1. The number of anilines is 1. The fraction of sp³-hybridized carbons (Fsp3) is 0.409. The van der Waals surface area contributed by atoms with Crippen LogP contribution < -0.4 is 10.2 Å². The number of rotatable bonds is 5. The normalized spacial score (nSPS) is 20.7. The second-order valence-electron chi connectivity index (χ2n) is 8.08. The molecule has 1 amide bonds. The number of aromatic nitrogens is 3. The number of nitrogens with one attached hydrogen (secondary N) is 1. The van der Waals surface area contributed by atoms with Crippen molar-refractivity contribution < 1.29 is 9.18 Å². The van der Waals surface area contributed by atoms with Crippen LogP contribution in [0.3, 0.4) is 0 Å². The summed E-state index contributed by atoms with van der Waals surface area (Å²) >= 11 is 0. The van der Waals surface area contributed by atoms with Crippen molar-refractivity contribution in [3.8, 4) is 11.3 Å². The maximum absolute atomic E-state index is 15.5. The van der Waals surface area contributed by atoms with Crippen molar-refractivity contribution in [2.45, 2.75) is 38.4 Å². The molecule has 8 heteroatoms. The molecule has 0 radical (unpaired) electrons. The van der Waals surface area contributed by atoms with Crippen LogP contribution in [0.5, 0.6) is 0 Å². The van der Waals surface area contributed by atoms with E-state index in [-0.39, 0.29) is 24.3 Å². The minimum absolute atomic E-state index is 0.0600. The molecule has 1 saturated heterocycles. The predicted molar refractivity (Wildman–Crippen MR) is 114 cm³/mol. The fourth-order valence-corrected chi connectivity index (χ4v) is 4.35. The second-order valence-corrected chi connectivity index (χ2v) is 8.08. The van der Waals surface area contributed by atoms with E-state index in [1.807, 2.05) is 11.9 Å². The average Bonchev–Trinajstić information content (AvgIpc) is 3.34. The molecular weight excluding hydrogens is 383 g/mol. The van der Waals surface area contributed by atoms with Crippen LogP contribution in [0.25, 0.3) is 11.3 Å². The van der Waals surface area contributed by atoms with Gasteiger partial charge in [0, 0.05) is 62.3 Å². The molecule has 2 aromatic rings. The number of pyridine rings is 1. The molecule has 1 N–H and O–H groups in total. The zero-order valence-electron chi connectivity index (χ0n) is 17.7. The van der Waals surface area contributed by atoms with Crippen LogP contribution in [0.4, 0.5) is 10.2 Å². The molecule has 4 rings (SSSR count). The highest BCUT2D eigenvalue weighted by atomic mass is 19.1. The second kappa shape index (κ2) is 7.59. The number of nitrogens with zero attached hydrogens (tertiary/aromatic N) is 5. The van der Waals surface area contributed by atoms with Gasteiger partial charge in [-0.1, -0.05) is 13.2 Å². The third-order valence-electron chi connectivity index (χ3n) is 6.19. The Morgan fingerprint density at radius 1 is 1.43 bits per heavy atom. The number of carbonyl (C=O) groups excluding carboxylic acids is 1. The topological polar surface area (TPSA) is 66.3 Å². The first kappa shape index (κ1) is 20.1. The Bertz CT molecular complexity index is 1030. The molecule has 4 heterocycles. The van der Waals surface area contributed by atoms with Crippen molar-refractivity contribution in [2.75, 3.05) is 18.5 Å². The number of likely N-dealkylation sites (N-methyl/N-ethyl adjacent to an activating group) is 1. The predicted octanol–water partition coefficient (Wildman–Crippen LogP) is 2.85. The molecule has 0 bridgehead atoms. The van der Waals surface area contributed by atoms with Crippen LogP contribution in [0.15, 0.2) is 37.3 Å². The van der Waals surface area contributed by atoms with Crippen molar-refractivity contribution in [3.63, 3.8) is 0 Å². The molecule has 7 nitrogen and oxygen atoms in total. The van der Waals surface area contributed by atoms with Gasteiger partial charge >= 0.3 is 0 Å². The molecule has 0 saturated carbocycles. The molecule has 158 valence electrons. The number of aryl methyl sites for hydroxylation is 1. The van der Waals surface area contributed by atoms with E-state index in [2.05, 4.69) is 40.4 Å². The first-order valence-electron chi connectivity index (χ1n) is 10.1. The minimum atomic E-state index is -0.439. The van der Waals surface area contributed by atoms with E-state index >= 15 is 4.39 Å². The van der Waals surface area contributed by atoms with Gasteiger partial charge < -0.3 is 15.1 Å². The molecule has 2 aliphatic rings. The summed E-state index contributed by atoms with van der Waals surface area (Å²) in [5, 5.41) is 6.92. The Hall–Kier alpha value is -3.16.